The molecule has 0 aromatic heterocycles. The molecule has 10 nitrogen and oxygen atoms in total. The Bertz CT molecular complexity index is 847. The number of rotatable bonds is 6. The van der Waals surface area contributed by atoms with Gasteiger partial charge in [0.25, 0.3) is 11.6 Å². The van der Waals surface area contributed by atoms with Crippen LogP contribution in [0.1, 0.15) is 39.0 Å². The Morgan fingerprint density at radius 3 is 2.66 bits per heavy atom. The normalized spacial score (nSPS) is 23.8. The zero-order chi connectivity index (χ0) is 21.2. The van der Waals surface area contributed by atoms with E-state index in [9.17, 15) is 24.5 Å². The van der Waals surface area contributed by atoms with E-state index in [0.29, 0.717) is 18.8 Å². The van der Waals surface area contributed by atoms with Crippen molar-refractivity contribution in [3.05, 3.63) is 28.3 Å². The molecule has 0 bridgehead atoms. The molecule has 1 heterocycles. The quantitative estimate of drug-likeness (QED) is 0.425. The van der Waals surface area contributed by atoms with Crippen molar-refractivity contribution in [2.24, 2.45) is 5.92 Å². The van der Waals surface area contributed by atoms with E-state index in [2.05, 4.69) is 17.6 Å². The molecule has 1 aromatic carbocycles. The lowest BCUT2D eigenvalue weighted by Gasteiger charge is -2.34. The summed E-state index contributed by atoms with van der Waals surface area (Å²) in [5, 5.41) is 16.2. The number of hydrogen-bond acceptors (Lipinski definition) is 6. The maximum Gasteiger partial charge on any atom is 0.325 e. The Hall–Kier alpha value is -3.17. The second-order valence-electron chi connectivity index (χ2n) is 7.45. The van der Waals surface area contributed by atoms with Crippen molar-refractivity contribution in [1.29, 1.82) is 0 Å². The van der Waals surface area contributed by atoms with Crippen molar-refractivity contribution in [1.82, 2.24) is 10.2 Å². The van der Waals surface area contributed by atoms with Crippen LogP contribution < -0.4 is 15.4 Å². The topological polar surface area (TPSA) is 131 Å². The van der Waals surface area contributed by atoms with E-state index in [1.54, 1.807) is 0 Å². The van der Waals surface area contributed by atoms with Gasteiger partial charge < -0.3 is 15.4 Å². The summed E-state index contributed by atoms with van der Waals surface area (Å²) in [7, 11) is 1.32. The summed E-state index contributed by atoms with van der Waals surface area (Å²) in [5.74, 6) is -0.306. The first-order valence-corrected chi connectivity index (χ1v) is 9.56. The van der Waals surface area contributed by atoms with E-state index in [4.69, 9.17) is 4.74 Å². The zero-order valence-electron chi connectivity index (χ0n) is 16.4. The summed E-state index contributed by atoms with van der Waals surface area (Å²) in [6, 6.07) is 3.18. The number of imide groups is 1. The van der Waals surface area contributed by atoms with E-state index < -0.39 is 28.9 Å². The van der Waals surface area contributed by atoms with Crippen molar-refractivity contribution in [3.63, 3.8) is 0 Å². The number of anilines is 1. The Morgan fingerprint density at radius 1 is 1.38 bits per heavy atom. The van der Waals surface area contributed by atoms with Crippen LogP contribution in [0.15, 0.2) is 18.2 Å². The second kappa shape index (κ2) is 8.06. The lowest BCUT2D eigenvalue weighted by atomic mass is 9.75. The zero-order valence-corrected chi connectivity index (χ0v) is 16.4. The molecule has 10 heteroatoms. The molecule has 4 amide bonds. The number of urea groups is 1. The highest BCUT2D eigenvalue weighted by atomic mass is 16.6. The minimum Gasteiger partial charge on any atom is -0.494 e. The van der Waals surface area contributed by atoms with Gasteiger partial charge in [0.05, 0.1) is 23.8 Å². The van der Waals surface area contributed by atoms with E-state index in [-0.39, 0.29) is 23.0 Å². The van der Waals surface area contributed by atoms with Crippen LogP contribution in [0.3, 0.4) is 0 Å². The molecule has 1 aliphatic heterocycles. The van der Waals surface area contributed by atoms with Crippen LogP contribution in [0.5, 0.6) is 5.75 Å². The number of non-ortho nitro benzene ring substituents is 1. The van der Waals surface area contributed by atoms with E-state index in [1.807, 2.05) is 0 Å². The second-order valence-corrected chi connectivity index (χ2v) is 7.45. The van der Waals surface area contributed by atoms with Crippen LogP contribution in [-0.4, -0.2) is 46.9 Å². The predicted molar refractivity (Wildman–Crippen MR) is 104 cm³/mol. The highest BCUT2D eigenvalue weighted by Crippen LogP contribution is 2.37. The van der Waals surface area contributed by atoms with Crippen LogP contribution >= 0.6 is 0 Å². The maximum atomic E-state index is 12.9. The third-order valence-electron chi connectivity index (χ3n) is 5.75. The van der Waals surface area contributed by atoms with Gasteiger partial charge in [-0.25, -0.2) is 4.79 Å². The average molecular weight is 404 g/mol. The number of methoxy groups -OCH3 is 1. The van der Waals surface area contributed by atoms with Crippen LogP contribution in [0.2, 0.25) is 0 Å². The third-order valence-corrected chi connectivity index (χ3v) is 5.75. The number of nitro benzene ring substituents is 1. The molecule has 1 saturated carbocycles. The summed E-state index contributed by atoms with van der Waals surface area (Å²) < 4.78 is 5.08. The molecule has 0 unspecified atom stereocenters. The van der Waals surface area contributed by atoms with Crippen molar-refractivity contribution in [2.45, 2.75) is 44.6 Å². The molecule has 0 atom stereocenters. The predicted octanol–water partition coefficient (Wildman–Crippen LogP) is 2.43. The first kappa shape index (κ1) is 20.6. The number of carbonyl (C=O) groups excluding carboxylic acids is 3. The summed E-state index contributed by atoms with van der Waals surface area (Å²) >= 11 is 0. The largest absolute Gasteiger partial charge is 0.494 e. The van der Waals surface area contributed by atoms with Gasteiger partial charge in [0.15, 0.2) is 0 Å². The summed E-state index contributed by atoms with van der Waals surface area (Å²) in [4.78, 5) is 48.9. The van der Waals surface area contributed by atoms with Gasteiger partial charge >= 0.3 is 6.03 Å². The number of benzene rings is 1. The van der Waals surface area contributed by atoms with E-state index in [0.717, 1.165) is 24.2 Å². The Balaban J connectivity index is 1.67. The summed E-state index contributed by atoms with van der Waals surface area (Å²) in [6.07, 6.45) is 3.92. The molecule has 156 valence electrons. The SMILES string of the molecule is CCC1CCC2(CC1)NC(=O)N(CC(=O)Nc1ccc([N+](=O)[O-])cc1OC)C2=O. The fourth-order valence-electron chi connectivity index (χ4n) is 3.97. The van der Waals surface area contributed by atoms with Crippen molar-refractivity contribution in [2.75, 3.05) is 19.0 Å². The molecule has 2 N–H and O–H groups in total. The van der Waals surface area contributed by atoms with Gasteiger partial charge in [-0.05, 0) is 37.7 Å². The minimum absolute atomic E-state index is 0.110. The van der Waals surface area contributed by atoms with Crippen LogP contribution in [0, 0.1) is 16.0 Å². The molecule has 1 spiro atoms. The Labute approximate surface area is 167 Å². The first-order valence-electron chi connectivity index (χ1n) is 9.56. The standard InChI is InChI=1S/C19H24N4O6/c1-3-12-6-8-19(9-7-12)17(25)22(18(26)21-19)11-16(24)20-14-5-4-13(23(27)28)10-15(14)29-2/h4-5,10,12H,3,6-9,11H2,1-2H3,(H,20,24)(H,21,26). The van der Waals surface area contributed by atoms with Gasteiger partial charge in [-0.1, -0.05) is 13.3 Å². The van der Waals surface area contributed by atoms with Crippen LogP contribution in [-0.2, 0) is 9.59 Å². The Kier molecular flexibility index (Phi) is 5.71. The number of ether oxygens (including phenoxy) is 1. The smallest absolute Gasteiger partial charge is 0.325 e. The maximum absolute atomic E-state index is 12.9. The number of nitrogens with zero attached hydrogens (tertiary/aromatic N) is 2. The molecular weight excluding hydrogens is 380 g/mol. The average Bonchev–Trinajstić information content (AvgIpc) is 2.92. The molecule has 3 rings (SSSR count). The van der Waals surface area contributed by atoms with Gasteiger partial charge in [0.2, 0.25) is 5.91 Å². The van der Waals surface area contributed by atoms with Crippen LogP contribution in [0.25, 0.3) is 0 Å². The van der Waals surface area contributed by atoms with Crippen molar-refractivity contribution >= 4 is 29.2 Å². The van der Waals surface area contributed by atoms with Gasteiger partial charge in [0, 0.05) is 6.07 Å². The molecule has 2 fully saturated rings. The third kappa shape index (κ3) is 4.01. The lowest BCUT2D eigenvalue weighted by molar-refractivity contribution is -0.384. The summed E-state index contributed by atoms with van der Waals surface area (Å²) in [6.45, 7) is 1.67. The summed E-state index contributed by atoms with van der Waals surface area (Å²) in [5.41, 5.74) is -0.874. The van der Waals surface area contributed by atoms with E-state index >= 15 is 0 Å². The van der Waals surface area contributed by atoms with Gasteiger partial charge in [-0.15, -0.1) is 0 Å². The lowest BCUT2D eigenvalue weighted by Crippen LogP contribution is -2.49. The van der Waals surface area contributed by atoms with Gasteiger partial charge in [0.1, 0.15) is 17.8 Å². The van der Waals surface area contributed by atoms with Gasteiger partial charge in [-0.2, -0.15) is 0 Å². The molecule has 29 heavy (non-hydrogen) atoms. The molecule has 1 aromatic rings. The van der Waals surface area contributed by atoms with Crippen molar-refractivity contribution < 1.29 is 24.0 Å². The number of carbonyl (C=O) groups is 3. The van der Waals surface area contributed by atoms with Crippen LogP contribution in [0.4, 0.5) is 16.2 Å². The molecule has 0 radical (unpaired) electrons. The first-order chi connectivity index (χ1) is 13.8. The molecule has 1 aliphatic carbocycles. The van der Waals surface area contributed by atoms with Crippen molar-refractivity contribution in [3.8, 4) is 5.75 Å². The molecule has 2 aliphatic rings. The fourth-order valence-corrected chi connectivity index (χ4v) is 3.97. The minimum atomic E-state index is -0.909. The Morgan fingerprint density at radius 2 is 2.07 bits per heavy atom. The highest BCUT2D eigenvalue weighted by molar-refractivity contribution is 6.10. The molecular formula is C19H24N4O6. The van der Waals surface area contributed by atoms with Gasteiger partial charge in [-0.3, -0.25) is 24.6 Å². The monoisotopic (exact) mass is 404 g/mol. The highest BCUT2D eigenvalue weighted by Gasteiger charge is 2.52. The number of nitrogens with one attached hydrogen (secondary N) is 2. The number of nitro groups is 1. The fraction of sp³-hybridized carbons (Fsp3) is 0.526. The molecule has 1 saturated heterocycles. The van der Waals surface area contributed by atoms with E-state index in [1.165, 1.54) is 25.3 Å². The number of amides is 4. The number of hydrogen-bond donors (Lipinski definition) is 2.